The van der Waals surface area contributed by atoms with E-state index in [1.807, 2.05) is 13.8 Å². The van der Waals surface area contributed by atoms with E-state index in [1.165, 1.54) is 44.9 Å². The summed E-state index contributed by atoms with van der Waals surface area (Å²) < 4.78 is 0. The molecule has 0 aliphatic rings. The van der Waals surface area contributed by atoms with E-state index in [0.29, 0.717) is 6.42 Å². The molecule has 0 aromatic rings. The Morgan fingerprint density at radius 1 is 0.885 bits per heavy atom. The van der Waals surface area contributed by atoms with Crippen LogP contribution in [0.3, 0.4) is 0 Å². The van der Waals surface area contributed by atoms with E-state index in [9.17, 15) is 9.90 Å². The van der Waals surface area contributed by atoms with Crippen molar-refractivity contribution in [3.63, 3.8) is 0 Å². The molecule has 3 heteroatoms. The second-order valence-electron chi connectivity index (χ2n) is 7.58. The van der Waals surface area contributed by atoms with Gasteiger partial charge in [-0.15, -0.1) is 0 Å². The average molecular weight is 366 g/mol. The molecule has 0 saturated heterocycles. The Hall–Kier alpha value is -1.09. The second kappa shape index (κ2) is 18.7. The molecule has 152 valence electrons. The molecule has 0 fully saturated rings. The number of hydrogen-bond donors (Lipinski definition) is 2. The number of aliphatic hydroxyl groups excluding tert-OH is 1. The molecule has 0 aliphatic heterocycles. The third kappa shape index (κ3) is 16.4. The topological polar surface area (TPSA) is 49.3 Å². The first-order chi connectivity index (χ1) is 12.6. The van der Waals surface area contributed by atoms with Crippen molar-refractivity contribution in [2.75, 3.05) is 6.61 Å². The molecule has 0 heterocycles. The van der Waals surface area contributed by atoms with Crippen LogP contribution < -0.4 is 5.32 Å². The third-order valence-corrected chi connectivity index (χ3v) is 4.70. The van der Waals surface area contributed by atoms with Crippen molar-refractivity contribution >= 4 is 5.91 Å². The lowest BCUT2D eigenvalue weighted by molar-refractivity contribution is -0.122. The van der Waals surface area contributed by atoms with Crippen molar-refractivity contribution in [3.8, 4) is 0 Å². The van der Waals surface area contributed by atoms with Gasteiger partial charge in [-0.1, -0.05) is 77.2 Å². The predicted molar refractivity (Wildman–Crippen MR) is 113 cm³/mol. The highest BCUT2D eigenvalue weighted by atomic mass is 16.3. The van der Waals surface area contributed by atoms with Crippen LogP contribution in [0.25, 0.3) is 0 Å². The first-order valence-electron chi connectivity index (χ1n) is 10.8. The summed E-state index contributed by atoms with van der Waals surface area (Å²) in [6, 6.07) is -0.111. The Labute approximate surface area is 162 Å². The molecule has 0 aliphatic carbocycles. The smallest absolute Gasteiger partial charge is 0.220 e. The number of unbranched alkanes of at least 4 members (excludes halogenated alkanes) is 8. The largest absolute Gasteiger partial charge is 0.394 e. The number of nitrogens with one attached hydrogen (secondary N) is 1. The zero-order chi connectivity index (χ0) is 19.5. The Morgan fingerprint density at radius 2 is 1.46 bits per heavy atom. The van der Waals surface area contributed by atoms with Gasteiger partial charge in [0, 0.05) is 6.42 Å². The van der Waals surface area contributed by atoms with E-state index >= 15 is 0 Å². The molecule has 26 heavy (non-hydrogen) atoms. The fraction of sp³-hybridized carbons (Fsp3) is 0.783. The van der Waals surface area contributed by atoms with Crippen LogP contribution in [-0.2, 0) is 4.79 Å². The van der Waals surface area contributed by atoms with E-state index < -0.39 is 0 Å². The summed E-state index contributed by atoms with van der Waals surface area (Å²) >= 11 is 0. The van der Waals surface area contributed by atoms with Gasteiger partial charge in [0.25, 0.3) is 0 Å². The Bertz CT molecular complexity index is 374. The van der Waals surface area contributed by atoms with Crippen LogP contribution in [0.5, 0.6) is 0 Å². The summed E-state index contributed by atoms with van der Waals surface area (Å²) in [5.41, 5.74) is 0. The summed E-state index contributed by atoms with van der Waals surface area (Å²) in [6.45, 7) is 6.29. The third-order valence-electron chi connectivity index (χ3n) is 4.70. The van der Waals surface area contributed by atoms with Crippen molar-refractivity contribution in [2.24, 2.45) is 5.92 Å². The molecule has 0 rings (SSSR count). The second-order valence-corrected chi connectivity index (χ2v) is 7.58. The standard InChI is InChI=1S/C23H43NO2/c1-4-5-6-7-8-9-10-11-12-13-14-15-16-17-18-19-23(26)24-22(20-25)21(2)3/h8-9,11-12,21-22,25H,4-7,10,13-20H2,1-3H3,(H,24,26)/t22-/m1/s1. The van der Waals surface area contributed by atoms with E-state index in [1.54, 1.807) is 0 Å². The van der Waals surface area contributed by atoms with Gasteiger partial charge in [-0.2, -0.15) is 0 Å². The van der Waals surface area contributed by atoms with Crippen LogP contribution in [0.15, 0.2) is 24.3 Å². The maximum absolute atomic E-state index is 11.8. The van der Waals surface area contributed by atoms with Crippen LogP contribution in [0.4, 0.5) is 0 Å². The lowest BCUT2D eigenvalue weighted by Gasteiger charge is -2.19. The molecule has 1 atom stereocenters. The summed E-state index contributed by atoms with van der Waals surface area (Å²) in [5, 5.41) is 12.1. The summed E-state index contributed by atoms with van der Waals surface area (Å²) in [7, 11) is 0. The van der Waals surface area contributed by atoms with Crippen molar-refractivity contribution in [2.45, 2.75) is 104 Å². The van der Waals surface area contributed by atoms with Gasteiger partial charge >= 0.3 is 0 Å². The highest BCUT2D eigenvalue weighted by Gasteiger charge is 2.14. The van der Waals surface area contributed by atoms with Crippen molar-refractivity contribution < 1.29 is 9.90 Å². The Balaban J connectivity index is 3.43. The van der Waals surface area contributed by atoms with E-state index in [2.05, 4.69) is 36.5 Å². The van der Waals surface area contributed by atoms with Crippen LogP contribution in [-0.4, -0.2) is 23.7 Å². The molecule has 0 unspecified atom stereocenters. The lowest BCUT2D eigenvalue weighted by atomic mass is 10.0. The fourth-order valence-electron chi connectivity index (χ4n) is 2.80. The average Bonchev–Trinajstić information content (AvgIpc) is 2.62. The number of rotatable bonds is 17. The van der Waals surface area contributed by atoms with Gasteiger partial charge < -0.3 is 10.4 Å². The fourth-order valence-corrected chi connectivity index (χ4v) is 2.80. The van der Waals surface area contributed by atoms with Crippen LogP contribution in [0.2, 0.25) is 0 Å². The zero-order valence-electron chi connectivity index (χ0n) is 17.5. The molecule has 0 saturated carbocycles. The molecular weight excluding hydrogens is 322 g/mol. The first-order valence-corrected chi connectivity index (χ1v) is 10.8. The Morgan fingerprint density at radius 3 is 2.04 bits per heavy atom. The number of carbonyl (C=O) groups is 1. The molecule has 2 N–H and O–H groups in total. The van der Waals surface area contributed by atoms with Gasteiger partial charge in [-0.25, -0.2) is 0 Å². The maximum Gasteiger partial charge on any atom is 0.220 e. The van der Waals surface area contributed by atoms with E-state index in [0.717, 1.165) is 25.7 Å². The highest BCUT2D eigenvalue weighted by Crippen LogP contribution is 2.09. The Kier molecular flexibility index (Phi) is 17.9. The molecule has 0 aromatic carbocycles. The summed E-state index contributed by atoms with van der Waals surface area (Å²) in [6.07, 6.45) is 22.9. The monoisotopic (exact) mass is 365 g/mol. The number of allylic oxidation sites excluding steroid dienone is 4. The SMILES string of the molecule is CCCCCC=CCC=CCCCCCCCC(=O)N[C@H](CO)C(C)C. The number of hydrogen-bond acceptors (Lipinski definition) is 2. The number of amides is 1. The van der Waals surface area contributed by atoms with Gasteiger partial charge in [0.2, 0.25) is 5.91 Å². The van der Waals surface area contributed by atoms with Gasteiger partial charge in [0.1, 0.15) is 0 Å². The number of aliphatic hydroxyl groups is 1. The van der Waals surface area contributed by atoms with Crippen LogP contribution >= 0.6 is 0 Å². The molecule has 0 spiro atoms. The summed E-state index contributed by atoms with van der Waals surface area (Å²) in [5.74, 6) is 0.344. The van der Waals surface area contributed by atoms with E-state index in [4.69, 9.17) is 0 Å². The highest BCUT2D eigenvalue weighted by molar-refractivity contribution is 5.76. The maximum atomic E-state index is 11.8. The van der Waals surface area contributed by atoms with Gasteiger partial charge in [0.05, 0.1) is 12.6 Å². The molecule has 0 bridgehead atoms. The van der Waals surface area contributed by atoms with Crippen molar-refractivity contribution in [1.82, 2.24) is 5.32 Å². The quantitative estimate of drug-likeness (QED) is 0.248. The van der Waals surface area contributed by atoms with Gasteiger partial charge in [-0.05, 0) is 44.4 Å². The van der Waals surface area contributed by atoms with Crippen molar-refractivity contribution in [3.05, 3.63) is 24.3 Å². The normalized spacial score (nSPS) is 13.1. The molecule has 0 radical (unpaired) electrons. The zero-order valence-corrected chi connectivity index (χ0v) is 17.5. The molecule has 0 aromatic heterocycles. The van der Waals surface area contributed by atoms with Gasteiger partial charge in [0.15, 0.2) is 0 Å². The van der Waals surface area contributed by atoms with E-state index in [-0.39, 0.29) is 24.5 Å². The molecule has 3 nitrogen and oxygen atoms in total. The van der Waals surface area contributed by atoms with Crippen LogP contribution in [0.1, 0.15) is 97.8 Å². The minimum atomic E-state index is -0.111. The number of carbonyl (C=O) groups excluding carboxylic acids is 1. The van der Waals surface area contributed by atoms with Crippen LogP contribution in [0, 0.1) is 5.92 Å². The first kappa shape index (κ1) is 24.9. The molecular formula is C23H43NO2. The summed E-state index contributed by atoms with van der Waals surface area (Å²) in [4.78, 5) is 11.8. The van der Waals surface area contributed by atoms with Gasteiger partial charge in [-0.3, -0.25) is 4.79 Å². The van der Waals surface area contributed by atoms with Crippen molar-refractivity contribution in [1.29, 1.82) is 0 Å². The lowest BCUT2D eigenvalue weighted by Crippen LogP contribution is -2.41. The minimum absolute atomic E-state index is 0.0194. The molecule has 1 amide bonds. The minimum Gasteiger partial charge on any atom is -0.394 e. The predicted octanol–water partition coefficient (Wildman–Crippen LogP) is 5.93.